The van der Waals surface area contributed by atoms with E-state index in [0.29, 0.717) is 17.9 Å². The number of hydrogen-bond donors (Lipinski definition) is 2. The maximum absolute atomic E-state index is 11.5. The van der Waals surface area contributed by atoms with Crippen molar-refractivity contribution in [2.45, 2.75) is 38.0 Å². The molecule has 6 heteroatoms. The number of carboxylic acid groups (broad SMARTS) is 1. The number of nitrogens with zero attached hydrogens (tertiary/aromatic N) is 1. The lowest BCUT2D eigenvalue weighted by Crippen LogP contribution is -2.17. The summed E-state index contributed by atoms with van der Waals surface area (Å²) in [4.78, 5) is 21.8. The molecule has 0 saturated heterocycles. The molecule has 1 aliphatic carbocycles. The molecule has 1 aromatic carbocycles. The van der Waals surface area contributed by atoms with Gasteiger partial charge in [-0.3, -0.25) is 14.9 Å². The average molecular weight is 278 g/mol. The highest BCUT2D eigenvalue weighted by Gasteiger charge is 2.29. The van der Waals surface area contributed by atoms with E-state index in [9.17, 15) is 20.0 Å². The van der Waals surface area contributed by atoms with Gasteiger partial charge in [0.1, 0.15) is 5.69 Å². The molecule has 2 rings (SSSR count). The van der Waals surface area contributed by atoms with Crippen LogP contribution in [0.2, 0.25) is 0 Å². The van der Waals surface area contributed by atoms with E-state index in [4.69, 9.17) is 5.73 Å². The van der Waals surface area contributed by atoms with Gasteiger partial charge in [-0.2, -0.15) is 0 Å². The van der Waals surface area contributed by atoms with Crippen molar-refractivity contribution in [2.75, 3.05) is 5.73 Å². The predicted molar refractivity (Wildman–Crippen MR) is 74.5 cm³/mol. The molecule has 0 bridgehead atoms. The minimum Gasteiger partial charge on any atom is -0.481 e. The van der Waals surface area contributed by atoms with Crippen molar-refractivity contribution in [1.82, 2.24) is 0 Å². The van der Waals surface area contributed by atoms with Crippen molar-refractivity contribution in [1.29, 1.82) is 0 Å². The molecule has 1 atom stereocenters. The quantitative estimate of drug-likeness (QED) is 0.489. The van der Waals surface area contributed by atoms with Gasteiger partial charge in [-0.25, -0.2) is 0 Å². The average Bonchev–Trinajstić information content (AvgIpc) is 2.89. The Bertz CT molecular complexity index is 524. The number of anilines is 1. The second-order valence-corrected chi connectivity index (χ2v) is 5.31. The van der Waals surface area contributed by atoms with Crippen molar-refractivity contribution in [3.05, 3.63) is 33.9 Å². The van der Waals surface area contributed by atoms with Crippen LogP contribution >= 0.6 is 0 Å². The first-order chi connectivity index (χ1) is 9.50. The third-order valence-electron chi connectivity index (χ3n) is 4.03. The van der Waals surface area contributed by atoms with E-state index in [-0.39, 0.29) is 11.4 Å². The lowest BCUT2D eigenvalue weighted by molar-refractivity contribution is -0.383. The number of hydrogen-bond acceptors (Lipinski definition) is 4. The lowest BCUT2D eigenvalue weighted by atomic mass is 9.87. The Kier molecular flexibility index (Phi) is 4.22. The van der Waals surface area contributed by atoms with Crippen LogP contribution < -0.4 is 5.73 Å². The van der Waals surface area contributed by atoms with E-state index in [0.717, 1.165) is 25.7 Å². The number of nitrogens with two attached hydrogens (primary N) is 1. The molecule has 108 valence electrons. The van der Waals surface area contributed by atoms with Gasteiger partial charge < -0.3 is 10.8 Å². The van der Waals surface area contributed by atoms with E-state index in [1.165, 1.54) is 12.1 Å². The summed E-state index contributed by atoms with van der Waals surface area (Å²) in [5.74, 6) is -1.36. The van der Waals surface area contributed by atoms with Crippen LogP contribution in [0.4, 0.5) is 11.4 Å². The molecule has 1 unspecified atom stereocenters. The predicted octanol–water partition coefficient (Wildman–Crippen LogP) is 2.93. The van der Waals surface area contributed by atoms with Crippen LogP contribution in [0.5, 0.6) is 0 Å². The maximum atomic E-state index is 11.5. The van der Waals surface area contributed by atoms with E-state index in [2.05, 4.69) is 0 Å². The van der Waals surface area contributed by atoms with Crippen LogP contribution in [0.1, 0.15) is 43.6 Å². The first-order valence-corrected chi connectivity index (χ1v) is 6.76. The Balaban J connectivity index is 2.31. The molecular weight excluding hydrogens is 260 g/mol. The van der Waals surface area contributed by atoms with E-state index in [1.54, 1.807) is 6.07 Å². The summed E-state index contributed by atoms with van der Waals surface area (Å²) in [5.41, 5.74) is 5.90. The van der Waals surface area contributed by atoms with Crippen molar-refractivity contribution >= 4 is 17.3 Å². The molecule has 0 aliphatic heterocycles. The molecule has 20 heavy (non-hydrogen) atoms. The zero-order valence-corrected chi connectivity index (χ0v) is 11.1. The molecule has 0 aromatic heterocycles. The number of nitrogen functional groups attached to an aromatic ring is 1. The van der Waals surface area contributed by atoms with Crippen LogP contribution in [0.3, 0.4) is 0 Å². The molecule has 1 fully saturated rings. The van der Waals surface area contributed by atoms with Gasteiger partial charge in [-0.15, -0.1) is 0 Å². The van der Waals surface area contributed by atoms with Crippen molar-refractivity contribution in [3.8, 4) is 0 Å². The topological polar surface area (TPSA) is 106 Å². The van der Waals surface area contributed by atoms with Gasteiger partial charge in [0.15, 0.2) is 0 Å². The first kappa shape index (κ1) is 14.3. The molecule has 3 N–H and O–H groups in total. The summed E-state index contributed by atoms with van der Waals surface area (Å²) in [6, 6.07) is 4.37. The molecule has 0 heterocycles. The van der Waals surface area contributed by atoms with E-state index < -0.39 is 16.8 Å². The fraction of sp³-hybridized carbons (Fsp3) is 0.500. The van der Waals surface area contributed by atoms with E-state index in [1.807, 2.05) is 0 Å². The zero-order valence-electron chi connectivity index (χ0n) is 11.1. The lowest BCUT2D eigenvalue weighted by Gasteiger charge is -2.18. The number of carbonyl (C=O) groups is 1. The normalized spacial score (nSPS) is 17.0. The Labute approximate surface area is 116 Å². The summed E-state index contributed by atoms with van der Waals surface area (Å²) in [6.07, 6.45) is 4.81. The highest BCUT2D eigenvalue weighted by molar-refractivity contribution is 5.80. The Hall–Kier alpha value is -2.11. The molecule has 1 aromatic rings. The van der Waals surface area contributed by atoms with Crippen molar-refractivity contribution in [2.24, 2.45) is 5.92 Å². The molecule has 0 spiro atoms. The molecular formula is C14H18N2O4. The fourth-order valence-electron chi connectivity index (χ4n) is 2.97. The summed E-state index contributed by atoms with van der Waals surface area (Å²) < 4.78 is 0. The standard InChI is InChI=1S/C14H18N2O4/c15-13-10(6-3-7-12(13)16(19)20)11(14(17)18)8-9-4-1-2-5-9/h3,6-7,9,11H,1-2,4-5,8,15H2,(H,17,18). The van der Waals surface area contributed by atoms with Gasteiger partial charge in [-0.1, -0.05) is 37.8 Å². The van der Waals surface area contributed by atoms with Crippen molar-refractivity contribution < 1.29 is 14.8 Å². The molecule has 0 radical (unpaired) electrons. The SMILES string of the molecule is Nc1c(C(CC2CCCC2)C(=O)O)cccc1[N+](=O)[O-]. The van der Waals surface area contributed by atoms with Gasteiger partial charge in [0, 0.05) is 6.07 Å². The van der Waals surface area contributed by atoms with Gasteiger partial charge in [-0.05, 0) is 17.9 Å². The highest BCUT2D eigenvalue weighted by Crippen LogP contribution is 2.38. The number of para-hydroxylation sites is 1. The third-order valence-corrected chi connectivity index (χ3v) is 4.03. The van der Waals surface area contributed by atoms with Crippen molar-refractivity contribution in [3.63, 3.8) is 0 Å². The Morgan fingerprint density at radius 1 is 1.45 bits per heavy atom. The molecule has 6 nitrogen and oxygen atoms in total. The molecule has 1 aliphatic rings. The number of aliphatic carboxylic acids is 1. The van der Waals surface area contributed by atoms with Crippen LogP contribution in [0, 0.1) is 16.0 Å². The summed E-state index contributed by atoms with van der Waals surface area (Å²) in [6.45, 7) is 0. The Morgan fingerprint density at radius 3 is 2.65 bits per heavy atom. The number of benzene rings is 1. The summed E-state index contributed by atoms with van der Waals surface area (Å²) in [7, 11) is 0. The molecule has 1 saturated carbocycles. The highest BCUT2D eigenvalue weighted by atomic mass is 16.6. The van der Waals surface area contributed by atoms with Crippen LogP contribution in [-0.2, 0) is 4.79 Å². The van der Waals surface area contributed by atoms with Gasteiger partial charge >= 0.3 is 5.97 Å². The monoisotopic (exact) mass is 278 g/mol. The summed E-state index contributed by atoms with van der Waals surface area (Å²) in [5, 5.41) is 20.3. The summed E-state index contributed by atoms with van der Waals surface area (Å²) >= 11 is 0. The maximum Gasteiger partial charge on any atom is 0.311 e. The minimum atomic E-state index is -0.968. The number of rotatable bonds is 5. The van der Waals surface area contributed by atoms with Gasteiger partial charge in [0.05, 0.1) is 10.8 Å². The second-order valence-electron chi connectivity index (χ2n) is 5.31. The van der Waals surface area contributed by atoms with Crippen LogP contribution in [0.15, 0.2) is 18.2 Å². The Morgan fingerprint density at radius 2 is 2.10 bits per heavy atom. The smallest absolute Gasteiger partial charge is 0.311 e. The van der Waals surface area contributed by atoms with Gasteiger partial charge in [0.2, 0.25) is 0 Å². The zero-order chi connectivity index (χ0) is 14.7. The largest absolute Gasteiger partial charge is 0.481 e. The number of nitro groups is 1. The van der Waals surface area contributed by atoms with Gasteiger partial charge in [0.25, 0.3) is 5.69 Å². The van der Waals surface area contributed by atoms with E-state index >= 15 is 0 Å². The third kappa shape index (κ3) is 2.89. The molecule has 0 amide bonds. The number of carboxylic acids is 1. The van der Waals surface area contributed by atoms with Crippen LogP contribution in [0.25, 0.3) is 0 Å². The first-order valence-electron chi connectivity index (χ1n) is 6.76. The minimum absolute atomic E-state index is 0.0251. The second kappa shape index (κ2) is 5.90. The fourth-order valence-corrected chi connectivity index (χ4v) is 2.97. The van der Waals surface area contributed by atoms with Crippen LogP contribution in [-0.4, -0.2) is 16.0 Å². The number of nitro benzene ring substituents is 1.